The van der Waals surface area contributed by atoms with E-state index in [0.29, 0.717) is 0 Å². The lowest BCUT2D eigenvalue weighted by Gasteiger charge is -2.19. The quantitative estimate of drug-likeness (QED) is 0.548. The standard InChI is InChI=1S/C4H4F4O3S/c5-3(6,7)4(8)11-1-2-12(4,9)10/h1-2H2. The number of rotatable bonds is 0. The molecule has 72 valence electrons. The summed E-state index contributed by atoms with van der Waals surface area (Å²) in [5, 5.41) is -4.50. The summed E-state index contributed by atoms with van der Waals surface area (Å²) < 4.78 is 72.5. The summed E-state index contributed by atoms with van der Waals surface area (Å²) in [5.74, 6) is -0.941. The van der Waals surface area contributed by atoms with Crippen LogP contribution in [-0.2, 0) is 14.6 Å². The Morgan fingerprint density at radius 1 is 1.33 bits per heavy atom. The van der Waals surface area contributed by atoms with Crippen molar-refractivity contribution in [1.82, 2.24) is 0 Å². The van der Waals surface area contributed by atoms with Crippen LogP contribution in [0.4, 0.5) is 17.6 Å². The van der Waals surface area contributed by atoms with Gasteiger partial charge in [-0.15, -0.1) is 0 Å². The van der Waals surface area contributed by atoms with Gasteiger partial charge in [-0.1, -0.05) is 0 Å². The van der Waals surface area contributed by atoms with Gasteiger partial charge in [0.05, 0.1) is 12.4 Å². The lowest BCUT2D eigenvalue weighted by Crippen LogP contribution is -2.46. The van der Waals surface area contributed by atoms with E-state index in [-0.39, 0.29) is 0 Å². The molecule has 1 rings (SSSR count). The van der Waals surface area contributed by atoms with Crippen molar-refractivity contribution >= 4 is 9.84 Å². The first-order valence-electron chi connectivity index (χ1n) is 2.82. The topological polar surface area (TPSA) is 43.4 Å². The molecule has 1 aliphatic heterocycles. The first-order chi connectivity index (χ1) is 5.21. The van der Waals surface area contributed by atoms with Gasteiger partial charge in [0.15, 0.2) is 0 Å². The predicted molar refractivity (Wildman–Crippen MR) is 29.6 cm³/mol. The van der Waals surface area contributed by atoms with Crippen molar-refractivity contribution in [3.05, 3.63) is 0 Å². The summed E-state index contributed by atoms with van der Waals surface area (Å²) in [6.45, 7) is -0.766. The summed E-state index contributed by atoms with van der Waals surface area (Å²) in [7, 11) is -4.86. The van der Waals surface area contributed by atoms with Gasteiger partial charge in [-0.3, -0.25) is 0 Å². The molecule has 3 nitrogen and oxygen atoms in total. The van der Waals surface area contributed by atoms with Gasteiger partial charge in [0, 0.05) is 0 Å². The summed E-state index contributed by atoms with van der Waals surface area (Å²) in [5.41, 5.74) is 0. The Kier molecular flexibility index (Phi) is 1.88. The van der Waals surface area contributed by atoms with Crippen molar-refractivity contribution in [3.8, 4) is 0 Å². The van der Waals surface area contributed by atoms with Gasteiger partial charge in [-0.2, -0.15) is 17.6 Å². The molecule has 1 fully saturated rings. The molecule has 12 heavy (non-hydrogen) atoms. The number of hydrogen-bond donors (Lipinski definition) is 0. The van der Waals surface area contributed by atoms with Crippen molar-refractivity contribution in [3.63, 3.8) is 0 Å². The van der Waals surface area contributed by atoms with Gasteiger partial charge in [-0.05, 0) is 0 Å². The van der Waals surface area contributed by atoms with Crippen LogP contribution < -0.4 is 0 Å². The highest BCUT2D eigenvalue weighted by Crippen LogP contribution is 2.42. The highest BCUT2D eigenvalue weighted by molar-refractivity contribution is 7.92. The first kappa shape index (κ1) is 9.72. The second-order valence-electron chi connectivity index (χ2n) is 2.20. The number of hydrogen-bond acceptors (Lipinski definition) is 3. The van der Waals surface area contributed by atoms with E-state index in [1.54, 1.807) is 0 Å². The van der Waals surface area contributed by atoms with E-state index in [1.165, 1.54) is 0 Å². The molecule has 0 radical (unpaired) electrons. The molecule has 1 heterocycles. The molecule has 1 aliphatic rings. The Hall–Kier alpha value is -0.370. The average molecular weight is 208 g/mol. The highest BCUT2D eigenvalue weighted by Gasteiger charge is 2.69. The van der Waals surface area contributed by atoms with Crippen LogP contribution in [0.15, 0.2) is 0 Å². The van der Waals surface area contributed by atoms with Crippen LogP contribution in [0.1, 0.15) is 0 Å². The SMILES string of the molecule is O=S1(=O)CCOC1(F)C(F)(F)F. The molecule has 0 aromatic heterocycles. The molecular weight excluding hydrogens is 204 g/mol. The van der Waals surface area contributed by atoms with E-state index in [1.807, 2.05) is 0 Å². The fourth-order valence-electron chi connectivity index (χ4n) is 0.762. The fourth-order valence-corrected chi connectivity index (χ4v) is 1.94. The number of sulfone groups is 1. The van der Waals surface area contributed by atoms with E-state index in [2.05, 4.69) is 4.74 Å². The maximum atomic E-state index is 12.7. The molecule has 0 amide bonds. The zero-order valence-corrected chi connectivity index (χ0v) is 6.38. The Balaban J connectivity index is 3.16. The predicted octanol–water partition coefficient (Wildman–Crippen LogP) is 0.617. The van der Waals surface area contributed by atoms with E-state index >= 15 is 0 Å². The molecular formula is C4H4F4O3S. The number of halogens is 4. The molecule has 1 atom stereocenters. The summed E-state index contributed by atoms with van der Waals surface area (Å²) in [6.07, 6.45) is -5.53. The van der Waals surface area contributed by atoms with E-state index in [4.69, 9.17) is 0 Å². The van der Waals surface area contributed by atoms with Gasteiger partial charge >= 0.3 is 11.4 Å². The summed E-state index contributed by atoms with van der Waals surface area (Å²) >= 11 is 0. The first-order valence-corrected chi connectivity index (χ1v) is 4.48. The molecule has 0 aliphatic carbocycles. The second-order valence-corrected chi connectivity index (χ2v) is 4.36. The molecule has 0 saturated carbocycles. The minimum Gasteiger partial charge on any atom is -0.326 e. The lowest BCUT2D eigenvalue weighted by molar-refractivity contribution is -0.281. The Bertz CT molecular complexity index is 281. The summed E-state index contributed by atoms with van der Waals surface area (Å²) in [6, 6.07) is 0. The van der Waals surface area contributed by atoms with Crippen molar-refractivity contribution in [2.75, 3.05) is 12.4 Å². The van der Waals surface area contributed by atoms with Gasteiger partial charge in [0.2, 0.25) is 9.84 Å². The molecule has 0 bridgehead atoms. The Morgan fingerprint density at radius 2 is 1.83 bits per heavy atom. The van der Waals surface area contributed by atoms with Gasteiger partial charge in [0.25, 0.3) is 0 Å². The third kappa shape index (κ3) is 1.09. The smallest absolute Gasteiger partial charge is 0.326 e. The van der Waals surface area contributed by atoms with Crippen molar-refractivity contribution in [1.29, 1.82) is 0 Å². The molecule has 0 N–H and O–H groups in total. The maximum absolute atomic E-state index is 12.7. The molecule has 1 saturated heterocycles. The average Bonchev–Trinajstić information content (AvgIpc) is 2.07. The molecule has 1 unspecified atom stereocenters. The lowest BCUT2D eigenvalue weighted by atomic mass is 10.6. The third-order valence-electron chi connectivity index (χ3n) is 1.38. The van der Waals surface area contributed by atoms with Crippen LogP contribution in [0.25, 0.3) is 0 Å². The van der Waals surface area contributed by atoms with E-state index in [9.17, 15) is 26.0 Å². The van der Waals surface area contributed by atoms with Crippen LogP contribution in [0.2, 0.25) is 0 Å². The summed E-state index contributed by atoms with van der Waals surface area (Å²) in [4.78, 5) is 0. The molecule has 8 heteroatoms. The number of ether oxygens (including phenoxy) is 1. The van der Waals surface area contributed by atoms with Crippen LogP contribution in [0.5, 0.6) is 0 Å². The molecule has 0 aromatic rings. The minimum absolute atomic E-state index is 0.766. The number of alkyl halides is 4. The fraction of sp³-hybridized carbons (Fsp3) is 1.00. The van der Waals surface area contributed by atoms with E-state index in [0.717, 1.165) is 0 Å². The monoisotopic (exact) mass is 208 g/mol. The highest BCUT2D eigenvalue weighted by atomic mass is 32.2. The molecule has 0 spiro atoms. The van der Waals surface area contributed by atoms with Crippen molar-refractivity contribution < 1.29 is 30.7 Å². The van der Waals surface area contributed by atoms with Crippen molar-refractivity contribution in [2.45, 2.75) is 11.4 Å². The van der Waals surface area contributed by atoms with Crippen molar-refractivity contribution in [2.24, 2.45) is 0 Å². The van der Waals surface area contributed by atoms with Gasteiger partial charge in [0.1, 0.15) is 0 Å². The van der Waals surface area contributed by atoms with Crippen LogP contribution in [0, 0.1) is 0 Å². The molecule has 0 aromatic carbocycles. The van der Waals surface area contributed by atoms with Crippen LogP contribution in [-0.4, -0.2) is 32.1 Å². The van der Waals surface area contributed by atoms with Gasteiger partial charge < -0.3 is 4.74 Å². The zero-order chi connectivity index (χ0) is 9.62. The zero-order valence-electron chi connectivity index (χ0n) is 5.56. The van der Waals surface area contributed by atoms with E-state index < -0.39 is 33.6 Å². The second kappa shape index (κ2) is 2.32. The Labute approximate surface area is 65.2 Å². The Morgan fingerprint density at radius 3 is 2.00 bits per heavy atom. The van der Waals surface area contributed by atoms with Crippen LogP contribution in [0.3, 0.4) is 0 Å². The minimum atomic E-state index is -5.53. The van der Waals surface area contributed by atoms with Gasteiger partial charge in [-0.25, -0.2) is 8.42 Å². The maximum Gasteiger partial charge on any atom is 0.464 e. The largest absolute Gasteiger partial charge is 0.464 e. The third-order valence-corrected chi connectivity index (χ3v) is 3.23. The normalized spacial score (nSPS) is 35.3. The van der Waals surface area contributed by atoms with Crippen LogP contribution >= 0.6 is 0 Å².